The number of aliphatic carboxylic acids is 1. The van der Waals surface area contributed by atoms with Crippen LogP contribution in [-0.4, -0.2) is 47.7 Å². The molecule has 1 unspecified atom stereocenters. The van der Waals surface area contributed by atoms with Gasteiger partial charge in [0.2, 0.25) is 5.91 Å². The van der Waals surface area contributed by atoms with Crippen molar-refractivity contribution in [2.45, 2.75) is 25.4 Å². The van der Waals surface area contributed by atoms with E-state index >= 15 is 0 Å². The van der Waals surface area contributed by atoms with Gasteiger partial charge in [0.1, 0.15) is 0 Å². The number of morpholine rings is 1. The van der Waals surface area contributed by atoms with Crippen molar-refractivity contribution in [3.63, 3.8) is 0 Å². The van der Waals surface area contributed by atoms with Crippen LogP contribution in [0.2, 0.25) is 0 Å². The number of amides is 1. The predicted octanol–water partition coefficient (Wildman–Crippen LogP) is 1.32. The molecule has 1 heterocycles. The maximum Gasteiger partial charge on any atom is 0.306 e. The van der Waals surface area contributed by atoms with E-state index in [4.69, 9.17) is 9.84 Å². The number of rotatable bonds is 5. The van der Waals surface area contributed by atoms with Crippen molar-refractivity contribution in [2.75, 3.05) is 19.7 Å². The van der Waals surface area contributed by atoms with Crippen molar-refractivity contribution in [2.24, 2.45) is 0 Å². The molecule has 1 amide bonds. The van der Waals surface area contributed by atoms with E-state index in [-0.39, 0.29) is 18.4 Å². The molecule has 1 fully saturated rings. The van der Waals surface area contributed by atoms with Gasteiger partial charge in [0, 0.05) is 19.5 Å². The summed E-state index contributed by atoms with van der Waals surface area (Å²) in [4.78, 5) is 24.5. The van der Waals surface area contributed by atoms with Gasteiger partial charge in [-0.15, -0.1) is 0 Å². The molecule has 1 aliphatic rings. The SMILES string of the molecule is O=C(O)CC1CN(C(=O)CCc2ccccc2)CCO1. The lowest BCUT2D eigenvalue weighted by Gasteiger charge is -2.32. The molecule has 1 saturated heterocycles. The lowest BCUT2D eigenvalue weighted by molar-refractivity contribution is -0.147. The molecule has 5 nitrogen and oxygen atoms in total. The van der Waals surface area contributed by atoms with E-state index in [1.165, 1.54) is 0 Å². The highest BCUT2D eigenvalue weighted by atomic mass is 16.5. The predicted molar refractivity (Wildman–Crippen MR) is 73.3 cm³/mol. The molecule has 0 saturated carbocycles. The number of carboxylic acid groups (broad SMARTS) is 1. The highest BCUT2D eigenvalue weighted by Gasteiger charge is 2.25. The maximum atomic E-state index is 12.1. The molecule has 1 aliphatic heterocycles. The van der Waals surface area contributed by atoms with Gasteiger partial charge in [-0.2, -0.15) is 0 Å². The Labute approximate surface area is 118 Å². The molecule has 1 aromatic carbocycles. The largest absolute Gasteiger partial charge is 0.481 e. The zero-order valence-corrected chi connectivity index (χ0v) is 11.3. The normalized spacial score (nSPS) is 18.8. The van der Waals surface area contributed by atoms with E-state index in [1.807, 2.05) is 30.3 Å². The number of carboxylic acids is 1. The van der Waals surface area contributed by atoms with Gasteiger partial charge in [0.05, 0.1) is 19.1 Å². The van der Waals surface area contributed by atoms with Crippen molar-refractivity contribution in [3.8, 4) is 0 Å². The second-order valence-corrected chi connectivity index (χ2v) is 4.92. The Morgan fingerprint density at radius 1 is 1.30 bits per heavy atom. The van der Waals surface area contributed by atoms with Crippen molar-refractivity contribution in [1.82, 2.24) is 4.90 Å². The second kappa shape index (κ2) is 7.05. The van der Waals surface area contributed by atoms with Crippen molar-refractivity contribution < 1.29 is 19.4 Å². The lowest BCUT2D eigenvalue weighted by Crippen LogP contribution is -2.46. The number of ether oxygens (including phenoxy) is 1. The number of carbonyl (C=O) groups excluding carboxylic acids is 1. The first kappa shape index (κ1) is 14.5. The molecule has 2 rings (SSSR count). The minimum absolute atomic E-state index is 0.0531. The molecule has 1 atom stereocenters. The van der Waals surface area contributed by atoms with E-state index < -0.39 is 5.97 Å². The third-order valence-corrected chi connectivity index (χ3v) is 3.36. The molecule has 5 heteroatoms. The van der Waals surface area contributed by atoms with Crippen LogP contribution in [0.3, 0.4) is 0 Å². The number of nitrogens with zero attached hydrogens (tertiary/aromatic N) is 1. The first-order valence-electron chi connectivity index (χ1n) is 6.80. The molecular formula is C15H19NO4. The molecule has 1 N–H and O–H groups in total. The first-order valence-corrected chi connectivity index (χ1v) is 6.80. The summed E-state index contributed by atoms with van der Waals surface area (Å²) >= 11 is 0. The van der Waals surface area contributed by atoms with Crippen LogP contribution >= 0.6 is 0 Å². The van der Waals surface area contributed by atoms with Crippen LogP contribution in [0.4, 0.5) is 0 Å². The van der Waals surface area contributed by atoms with Crippen molar-refractivity contribution >= 4 is 11.9 Å². The quantitative estimate of drug-likeness (QED) is 0.881. The summed E-state index contributed by atoms with van der Waals surface area (Å²) in [6.07, 6.45) is 0.717. The molecule has 0 bridgehead atoms. The third kappa shape index (κ3) is 4.35. The Balaban J connectivity index is 1.81. The van der Waals surface area contributed by atoms with Crippen LogP contribution in [0.5, 0.6) is 0 Å². The fourth-order valence-electron chi connectivity index (χ4n) is 2.32. The Morgan fingerprint density at radius 2 is 2.05 bits per heavy atom. The standard InChI is InChI=1S/C15H19NO4/c17-14(7-6-12-4-2-1-3-5-12)16-8-9-20-13(11-16)10-15(18)19/h1-5,13H,6-11H2,(H,18,19). The van der Waals surface area contributed by atoms with Crippen LogP contribution in [-0.2, 0) is 20.7 Å². The summed E-state index contributed by atoms with van der Waals surface area (Å²) in [6, 6.07) is 9.86. The van der Waals surface area contributed by atoms with E-state index in [0.717, 1.165) is 5.56 Å². The highest BCUT2D eigenvalue weighted by Crippen LogP contribution is 2.11. The first-order chi connectivity index (χ1) is 9.65. The fraction of sp³-hybridized carbons (Fsp3) is 0.467. The highest BCUT2D eigenvalue weighted by molar-refractivity contribution is 5.76. The molecule has 0 spiro atoms. The smallest absolute Gasteiger partial charge is 0.306 e. The molecule has 108 valence electrons. The lowest BCUT2D eigenvalue weighted by atomic mass is 10.1. The number of carbonyl (C=O) groups is 2. The molecule has 0 radical (unpaired) electrons. The summed E-state index contributed by atoms with van der Waals surface area (Å²) in [7, 11) is 0. The number of hydrogen-bond acceptors (Lipinski definition) is 3. The topological polar surface area (TPSA) is 66.8 Å². The van der Waals surface area contributed by atoms with Gasteiger partial charge in [0.15, 0.2) is 0 Å². The van der Waals surface area contributed by atoms with E-state index in [2.05, 4.69) is 0 Å². The summed E-state index contributed by atoms with van der Waals surface area (Å²) in [5.41, 5.74) is 1.14. The molecule has 0 aliphatic carbocycles. The third-order valence-electron chi connectivity index (χ3n) is 3.36. The second-order valence-electron chi connectivity index (χ2n) is 4.92. The Morgan fingerprint density at radius 3 is 2.75 bits per heavy atom. The van der Waals surface area contributed by atoms with Gasteiger partial charge in [-0.25, -0.2) is 0 Å². The Bertz CT molecular complexity index is 460. The average molecular weight is 277 g/mol. The summed E-state index contributed by atoms with van der Waals surface area (Å²) in [5.74, 6) is -0.832. The number of aryl methyl sites for hydroxylation is 1. The maximum absolute atomic E-state index is 12.1. The Kier molecular flexibility index (Phi) is 5.12. The van der Waals surface area contributed by atoms with E-state index in [1.54, 1.807) is 4.90 Å². The number of benzene rings is 1. The van der Waals surface area contributed by atoms with Gasteiger partial charge in [-0.3, -0.25) is 9.59 Å². The van der Waals surface area contributed by atoms with Gasteiger partial charge < -0.3 is 14.7 Å². The van der Waals surface area contributed by atoms with E-state index in [9.17, 15) is 9.59 Å². The van der Waals surface area contributed by atoms with Crippen LogP contribution in [0, 0.1) is 0 Å². The van der Waals surface area contributed by atoms with Gasteiger partial charge in [0.25, 0.3) is 0 Å². The summed E-state index contributed by atoms with van der Waals surface area (Å²) < 4.78 is 5.36. The zero-order chi connectivity index (χ0) is 14.4. The Hall–Kier alpha value is -1.88. The minimum Gasteiger partial charge on any atom is -0.481 e. The van der Waals surface area contributed by atoms with Crippen molar-refractivity contribution in [1.29, 1.82) is 0 Å². The zero-order valence-electron chi connectivity index (χ0n) is 11.3. The molecule has 20 heavy (non-hydrogen) atoms. The fourth-order valence-corrected chi connectivity index (χ4v) is 2.32. The minimum atomic E-state index is -0.895. The van der Waals surface area contributed by atoms with Crippen LogP contribution in [0.15, 0.2) is 30.3 Å². The van der Waals surface area contributed by atoms with Gasteiger partial charge in [-0.05, 0) is 12.0 Å². The number of hydrogen-bond donors (Lipinski definition) is 1. The van der Waals surface area contributed by atoms with Crippen LogP contribution in [0.1, 0.15) is 18.4 Å². The molecule has 1 aromatic rings. The van der Waals surface area contributed by atoms with Crippen LogP contribution < -0.4 is 0 Å². The van der Waals surface area contributed by atoms with Gasteiger partial charge in [-0.1, -0.05) is 30.3 Å². The molecular weight excluding hydrogens is 258 g/mol. The van der Waals surface area contributed by atoms with Crippen LogP contribution in [0.25, 0.3) is 0 Å². The van der Waals surface area contributed by atoms with Crippen molar-refractivity contribution in [3.05, 3.63) is 35.9 Å². The van der Waals surface area contributed by atoms with E-state index in [0.29, 0.717) is 32.5 Å². The monoisotopic (exact) mass is 277 g/mol. The summed E-state index contributed by atoms with van der Waals surface area (Å²) in [5, 5.41) is 8.76. The molecule has 0 aromatic heterocycles. The van der Waals surface area contributed by atoms with Gasteiger partial charge >= 0.3 is 5.97 Å². The average Bonchev–Trinajstić information content (AvgIpc) is 2.45. The summed E-state index contributed by atoms with van der Waals surface area (Å²) in [6.45, 7) is 1.33.